The van der Waals surface area contributed by atoms with Crippen LogP contribution in [-0.4, -0.2) is 21.5 Å². The topological polar surface area (TPSA) is 42.7 Å². The van der Waals surface area contributed by atoms with Crippen molar-refractivity contribution in [2.75, 3.05) is 6.54 Å². The smallest absolute Gasteiger partial charge is 0.153 e. The van der Waals surface area contributed by atoms with Gasteiger partial charge in [0.1, 0.15) is 0 Å². The van der Waals surface area contributed by atoms with Crippen LogP contribution in [0.2, 0.25) is 5.02 Å². The fourth-order valence-electron chi connectivity index (χ4n) is 2.02. The van der Waals surface area contributed by atoms with Crippen LogP contribution in [-0.2, 0) is 7.05 Å². The van der Waals surface area contributed by atoms with Gasteiger partial charge >= 0.3 is 0 Å². The Morgan fingerprint density at radius 3 is 2.70 bits per heavy atom. The number of aryl methyl sites for hydroxylation is 1. The third kappa shape index (κ3) is 3.42. The van der Waals surface area contributed by atoms with E-state index in [1.54, 1.807) is 4.68 Å². The molecule has 2 rings (SSSR count). The van der Waals surface area contributed by atoms with E-state index in [4.69, 9.17) is 11.6 Å². The van der Waals surface area contributed by atoms with Crippen molar-refractivity contribution in [3.63, 3.8) is 0 Å². The molecule has 0 aliphatic heterocycles. The van der Waals surface area contributed by atoms with Crippen molar-refractivity contribution in [3.05, 3.63) is 43.6 Å². The Kier molecular flexibility index (Phi) is 5.60. The molecule has 0 spiro atoms. The van der Waals surface area contributed by atoms with Crippen molar-refractivity contribution < 1.29 is 0 Å². The maximum Gasteiger partial charge on any atom is 0.153 e. The van der Waals surface area contributed by atoms with Crippen LogP contribution in [0.5, 0.6) is 0 Å². The molecule has 0 radical (unpaired) electrons. The molecule has 0 saturated heterocycles. The summed E-state index contributed by atoms with van der Waals surface area (Å²) < 4.78 is 3.49. The number of halogens is 3. The molecule has 0 aliphatic rings. The molecule has 20 heavy (non-hydrogen) atoms. The van der Waals surface area contributed by atoms with Crippen molar-refractivity contribution in [1.82, 2.24) is 20.3 Å². The number of benzene rings is 1. The molecule has 0 bridgehead atoms. The monoisotopic (exact) mass is 420 g/mol. The maximum absolute atomic E-state index is 6.02. The van der Waals surface area contributed by atoms with E-state index in [-0.39, 0.29) is 6.04 Å². The Morgan fingerprint density at radius 1 is 1.40 bits per heavy atom. The van der Waals surface area contributed by atoms with Crippen LogP contribution in [0.4, 0.5) is 0 Å². The Morgan fingerprint density at radius 2 is 2.15 bits per heavy atom. The molecule has 0 amide bonds. The molecule has 1 aromatic carbocycles. The summed E-state index contributed by atoms with van der Waals surface area (Å²) in [4.78, 5) is 0. The maximum atomic E-state index is 6.02. The van der Waals surface area contributed by atoms with Crippen LogP contribution in [0.15, 0.2) is 27.3 Å². The van der Waals surface area contributed by atoms with E-state index in [0.29, 0.717) is 5.02 Å². The van der Waals surface area contributed by atoms with Gasteiger partial charge in [0.25, 0.3) is 0 Å². The number of rotatable bonds is 5. The minimum atomic E-state index is -0.00373. The van der Waals surface area contributed by atoms with Crippen molar-refractivity contribution in [3.8, 4) is 0 Å². The zero-order valence-electron chi connectivity index (χ0n) is 11.2. The highest BCUT2D eigenvalue weighted by Gasteiger charge is 2.23. The van der Waals surface area contributed by atoms with Crippen molar-refractivity contribution in [2.24, 2.45) is 7.05 Å². The molecule has 1 unspecified atom stereocenters. The molecule has 0 aliphatic carbocycles. The minimum Gasteiger partial charge on any atom is -0.305 e. The minimum absolute atomic E-state index is 0.00373. The number of hydrogen-bond donors (Lipinski definition) is 1. The van der Waals surface area contributed by atoms with Gasteiger partial charge < -0.3 is 5.32 Å². The molecule has 0 saturated carbocycles. The zero-order valence-corrected chi connectivity index (χ0v) is 15.1. The summed E-state index contributed by atoms with van der Waals surface area (Å²) in [6.07, 6.45) is 1.05. The summed E-state index contributed by atoms with van der Waals surface area (Å²) in [7, 11) is 1.89. The Hall–Kier alpha value is -0.430. The fraction of sp³-hybridized carbons (Fsp3) is 0.385. The van der Waals surface area contributed by atoms with Crippen LogP contribution in [0, 0.1) is 0 Å². The number of nitrogens with one attached hydrogen (secondary N) is 1. The molecule has 7 heteroatoms. The number of aromatic nitrogens is 3. The van der Waals surface area contributed by atoms with Crippen LogP contribution in [0.1, 0.15) is 30.6 Å². The van der Waals surface area contributed by atoms with Crippen LogP contribution in [0.25, 0.3) is 0 Å². The van der Waals surface area contributed by atoms with Gasteiger partial charge in [-0.05, 0) is 46.6 Å². The van der Waals surface area contributed by atoms with E-state index in [1.807, 2.05) is 25.2 Å². The van der Waals surface area contributed by atoms with Crippen molar-refractivity contribution in [2.45, 2.75) is 19.4 Å². The SMILES string of the molecule is CCCNC(c1ccc(Cl)cc1Br)c1c(Br)nnn1C. The molecule has 1 heterocycles. The number of nitrogens with zero attached hydrogens (tertiary/aromatic N) is 3. The zero-order chi connectivity index (χ0) is 14.7. The Balaban J connectivity index is 2.47. The average molecular weight is 423 g/mol. The first-order valence-corrected chi connectivity index (χ1v) is 8.24. The molecule has 2 aromatic rings. The summed E-state index contributed by atoms with van der Waals surface area (Å²) in [6.45, 7) is 3.04. The van der Waals surface area contributed by atoms with Gasteiger partial charge in [-0.15, -0.1) is 5.10 Å². The van der Waals surface area contributed by atoms with Gasteiger partial charge in [0.15, 0.2) is 4.60 Å². The van der Waals surface area contributed by atoms with Crippen LogP contribution in [0.3, 0.4) is 0 Å². The van der Waals surface area contributed by atoms with Crippen LogP contribution >= 0.6 is 43.5 Å². The second-order valence-corrected chi connectivity index (χ2v) is 6.48. The second-order valence-electron chi connectivity index (χ2n) is 4.44. The molecule has 0 fully saturated rings. The van der Waals surface area contributed by atoms with Gasteiger partial charge in [-0.2, -0.15) is 0 Å². The normalized spacial score (nSPS) is 12.7. The Labute approximate surface area is 140 Å². The first kappa shape index (κ1) is 15.9. The predicted octanol–water partition coefficient (Wildman–Crippen LogP) is 4.08. The van der Waals surface area contributed by atoms with Gasteiger partial charge in [0.05, 0.1) is 11.7 Å². The van der Waals surface area contributed by atoms with E-state index in [9.17, 15) is 0 Å². The standard InChI is InChI=1S/C13H15Br2ClN4/c1-3-6-17-11(12-13(15)18-19-20(12)2)9-5-4-8(16)7-10(9)14/h4-5,7,11,17H,3,6H2,1-2H3. The quantitative estimate of drug-likeness (QED) is 0.790. The van der Waals surface area contributed by atoms with Gasteiger partial charge in [-0.25, -0.2) is 4.68 Å². The van der Waals surface area contributed by atoms with Crippen molar-refractivity contribution in [1.29, 1.82) is 0 Å². The fourth-order valence-corrected chi connectivity index (χ4v) is 3.49. The van der Waals surface area contributed by atoms with E-state index >= 15 is 0 Å². The van der Waals surface area contributed by atoms with E-state index in [1.165, 1.54) is 0 Å². The van der Waals surface area contributed by atoms with Gasteiger partial charge in [-0.1, -0.05) is 45.7 Å². The first-order chi connectivity index (χ1) is 9.54. The summed E-state index contributed by atoms with van der Waals surface area (Å²) >= 11 is 13.1. The highest BCUT2D eigenvalue weighted by molar-refractivity contribution is 9.10. The summed E-state index contributed by atoms with van der Waals surface area (Å²) in [6, 6.07) is 5.80. The van der Waals surface area contributed by atoms with Gasteiger partial charge in [0, 0.05) is 16.5 Å². The first-order valence-electron chi connectivity index (χ1n) is 6.28. The molecule has 1 N–H and O–H groups in total. The molecule has 108 valence electrons. The van der Waals surface area contributed by atoms with Crippen LogP contribution < -0.4 is 5.32 Å². The lowest BCUT2D eigenvalue weighted by Crippen LogP contribution is -2.26. The lowest BCUT2D eigenvalue weighted by Gasteiger charge is -2.20. The number of hydrogen-bond acceptors (Lipinski definition) is 3. The second kappa shape index (κ2) is 7.02. The molecular formula is C13H15Br2ClN4. The third-order valence-electron chi connectivity index (χ3n) is 2.97. The lowest BCUT2D eigenvalue weighted by molar-refractivity contribution is 0.548. The lowest BCUT2D eigenvalue weighted by atomic mass is 10.0. The van der Waals surface area contributed by atoms with Gasteiger partial charge in [0.2, 0.25) is 0 Å². The van der Waals surface area contributed by atoms with Gasteiger partial charge in [-0.3, -0.25) is 0 Å². The highest BCUT2D eigenvalue weighted by Crippen LogP contribution is 2.33. The third-order valence-corrected chi connectivity index (χ3v) is 4.46. The van der Waals surface area contributed by atoms with E-state index in [2.05, 4.69) is 54.4 Å². The van der Waals surface area contributed by atoms with E-state index < -0.39 is 0 Å². The largest absolute Gasteiger partial charge is 0.305 e. The summed E-state index contributed by atoms with van der Waals surface area (Å²) in [5.74, 6) is 0. The highest BCUT2D eigenvalue weighted by atomic mass is 79.9. The molecule has 4 nitrogen and oxygen atoms in total. The molecule has 1 atom stereocenters. The molecule has 1 aromatic heterocycles. The average Bonchev–Trinajstić information content (AvgIpc) is 2.72. The van der Waals surface area contributed by atoms with Crippen molar-refractivity contribution >= 4 is 43.5 Å². The summed E-state index contributed by atoms with van der Waals surface area (Å²) in [5, 5.41) is 12.4. The summed E-state index contributed by atoms with van der Waals surface area (Å²) in [5.41, 5.74) is 2.09. The molecular weight excluding hydrogens is 407 g/mol. The predicted molar refractivity (Wildman–Crippen MR) is 88.0 cm³/mol. The Bertz CT molecular complexity index is 581. The van der Waals surface area contributed by atoms with E-state index in [0.717, 1.165) is 33.3 Å².